The summed E-state index contributed by atoms with van der Waals surface area (Å²) in [4.78, 5) is 17.3. The van der Waals surface area contributed by atoms with Gasteiger partial charge in [-0.1, -0.05) is 18.2 Å². The van der Waals surface area contributed by atoms with Crippen LogP contribution >= 0.6 is 0 Å². The predicted octanol–water partition coefficient (Wildman–Crippen LogP) is 4.98. The van der Waals surface area contributed by atoms with Gasteiger partial charge in [0.15, 0.2) is 0 Å². The summed E-state index contributed by atoms with van der Waals surface area (Å²) in [7, 11) is 0. The van der Waals surface area contributed by atoms with Gasteiger partial charge in [-0.15, -0.1) is 0 Å². The van der Waals surface area contributed by atoms with Gasteiger partial charge in [0.05, 0.1) is 0 Å². The van der Waals surface area contributed by atoms with Crippen molar-refractivity contribution in [3.8, 4) is 5.75 Å². The molecule has 3 aromatic rings. The van der Waals surface area contributed by atoms with Gasteiger partial charge in [-0.25, -0.2) is 8.78 Å². The predicted molar refractivity (Wildman–Crippen MR) is 116 cm³/mol. The van der Waals surface area contributed by atoms with E-state index in [4.69, 9.17) is 0 Å². The summed E-state index contributed by atoms with van der Waals surface area (Å²) in [6.07, 6.45) is 1.47. The minimum Gasteiger partial charge on any atom is -0.508 e. The number of phenols is 1. The Morgan fingerprint density at radius 3 is 2.10 bits per heavy atom. The Kier molecular flexibility index (Phi) is 6.28. The van der Waals surface area contributed by atoms with Crippen LogP contribution in [-0.4, -0.2) is 35.0 Å². The van der Waals surface area contributed by atoms with Gasteiger partial charge in [0.25, 0.3) is 5.91 Å². The quantitative estimate of drug-likeness (QED) is 0.631. The first kappa shape index (κ1) is 21.0. The van der Waals surface area contributed by atoms with Crippen LogP contribution in [0.3, 0.4) is 0 Å². The lowest BCUT2D eigenvalue weighted by atomic mass is 10.00. The number of aromatic hydroxyl groups is 1. The molecule has 1 aliphatic heterocycles. The summed E-state index contributed by atoms with van der Waals surface area (Å²) in [6, 6.07) is 18.6. The third kappa shape index (κ3) is 4.91. The highest BCUT2D eigenvalue weighted by molar-refractivity contribution is 6.06. The van der Waals surface area contributed by atoms with Gasteiger partial charge in [0.1, 0.15) is 17.4 Å². The molecule has 0 bridgehead atoms. The van der Waals surface area contributed by atoms with Crippen LogP contribution in [0.4, 0.5) is 14.5 Å². The van der Waals surface area contributed by atoms with Crippen molar-refractivity contribution in [1.82, 2.24) is 4.90 Å². The fourth-order valence-electron chi connectivity index (χ4n) is 4.05. The lowest BCUT2D eigenvalue weighted by molar-refractivity contribution is 0.0958. The van der Waals surface area contributed by atoms with Crippen molar-refractivity contribution in [3.05, 3.63) is 95.6 Å². The third-order valence-electron chi connectivity index (χ3n) is 5.72. The number of piperidine rings is 1. The van der Waals surface area contributed by atoms with Crippen molar-refractivity contribution >= 4 is 11.6 Å². The van der Waals surface area contributed by atoms with Gasteiger partial charge in [-0.2, -0.15) is 0 Å². The van der Waals surface area contributed by atoms with Crippen molar-refractivity contribution in [2.24, 2.45) is 0 Å². The highest BCUT2D eigenvalue weighted by atomic mass is 19.1. The number of hydrogen-bond donors (Lipinski definition) is 1. The van der Waals surface area contributed by atoms with E-state index in [-0.39, 0.29) is 23.5 Å². The van der Waals surface area contributed by atoms with Crippen LogP contribution < -0.4 is 4.90 Å². The zero-order chi connectivity index (χ0) is 21.8. The number of halogens is 2. The minimum absolute atomic E-state index is 0.0661. The number of amides is 1. The normalized spacial score (nSPS) is 15.0. The van der Waals surface area contributed by atoms with Crippen LogP contribution in [0.5, 0.6) is 5.75 Å². The van der Waals surface area contributed by atoms with Gasteiger partial charge in [0, 0.05) is 42.5 Å². The molecule has 0 spiro atoms. The molecule has 1 heterocycles. The molecule has 0 saturated carbocycles. The molecule has 1 saturated heterocycles. The fourth-order valence-corrected chi connectivity index (χ4v) is 4.05. The molecule has 1 amide bonds. The number of nitrogens with zero attached hydrogens (tertiary/aromatic N) is 2. The number of anilines is 1. The van der Waals surface area contributed by atoms with Gasteiger partial charge < -0.3 is 10.0 Å². The van der Waals surface area contributed by atoms with Crippen LogP contribution in [0.2, 0.25) is 0 Å². The second-order valence-electron chi connectivity index (χ2n) is 7.79. The molecule has 3 aromatic carbocycles. The SMILES string of the molecule is O=C(c1ccc(F)cc1)N(c1ccc(F)cc1)C1CCN(Cc2ccccc2O)CC1. The minimum atomic E-state index is -0.401. The van der Waals surface area contributed by atoms with Crippen molar-refractivity contribution in [2.45, 2.75) is 25.4 Å². The molecule has 31 heavy (non-hydrogen) atoms. The summed E-state index contributed by atoms with van der Waals surface area (Å²) < 4.78 is 26.8. The fraction of sp³-hybridized carbons (Fsp3) is 0.240. The van der Waals surface area contributed by atoms with Gasteiger partial charge in [0.2, 0.25) is 0 Å². The molecule has 0 radical (unpaired) electrons. The van der Waals surface area contributed by atoms with Crippen LogP contribution in [0.15, 0.2) is 72.8 Å². The van der Waals surface area contributed by atoms with E-state index in [1.165, 1.54) is 36.4 Å². The number of carbonyl (C=O) groups excluding carboxylic acids is 1. The highest BCUT2D eigenvalue weighted by Crippen LogP contribution is 2.28. The monoisotopic (exact) mass is 422 g/mol. The number of rotatable bonds is 5. The molecule has 6 heteroatoms. The topological polar surface area (TPSA) is 43.8 Å². The maximum absolute atomic E-state index is 13.5. The van der Waals surface area contributed by atoms with Crippen molar-refractivity contribution in [1.29, 1.82) is 0 Å². The summed E-state index contributed by atoms with van der Waals surface area (Å²) in [5.74, 6) is -0.715. The summed E-state index contributed by atoms with van der Waals surface area (Å²) in [5.41, 5.74) is 1.89. The van der Waals surface area contributed by atoms with E-state index in [1.54, 1.807) is 29.2 Å². The molecule has 0 aliphatic carbocycles. The highest BCUT2D eigenvalue weighted by Gasteiger charge is 2.30. The first-order valence-electron chi connectivity index (χ1n) is 10.3. The van der Waals surface area contributed by atoms with Crippen molar-refractivity contribution < 1.29 is 18.7 Å². The lowest BCUT2D eigenvalue weighted by Crippen LogP contribution is -2.47. The molecule has 0 unspecified atom stereocenters. The Labute approximate surface area is 180 Å². The van der Waals surface area contributed by atoms with E-state index in [9.17, 15) is 18.7 Å². The maximum atomic E-state index is 13.5. The Morgan fingerprint density at radius 2 is 1.48 bits per heavy atom. The molecular formula is C25H24F2N2O2. The number of carbonyl (C=O) groups is 1. The second-order valence-corrected chi connectivity index (χ2v) is 7.79. The molecule has 4 rings (SSSR count). The Morgan fingerprint density at radius 1 is 0.903 bits per heavy atom. The average molecular weight is 422 g/mol. The first-order chi connectivity index (χ1) is 15.0. The molecule has 160 valence electrons. The number of hydrogen-bond acceptors (Lipinski definition) is 3. The maximum Gasteiger partial charge on any atom is 0.258 e. The van der Waals surface area contributed by atoms with Gasteiger partial charge in [-0.3, -0.25) is 9.69 Å². The van der Waals surface area contributed by atoms with Gasteiger partial charge in [-0.05, 0) is 67.4 Å². The summed E-state index contributed by atoms with van der Waals surface area (Å²) >= 11 is 0. The first-order valence-corrected chi connectivity index (χ1v) is 10.3. The zero-order valence-corrected chi connectivity index (χ0v) is 17.0. The average Bonchev–Trinajstić information content (AvgIpc) is 2.78. The smallest absolute Gasteiger partial charge is 0.258 e. The third-order valence-corrected chi connectivity index (χ3v) is 5.72. The van der Waals surface area contributed by atoms with E-state index in [0.717, 1.165) is 31.5 Å². The van der Waals surface area contributed by atoms with E-state index in [1.807, 2.05) is 12.1 Å². The molecular weight excluding hydrogens is 398 g/mol. The summed E-state index contributed by atoms with van der Waals surface area (Å²) in [6.45, 7) is 2.16. The number of benzene rings is 3. The molecule has 0 aromatic heterocycles. The van der Waals surface area contributed by atoms with Crippen LogP contribution in [0.25, 0.3) is 0 Å². The number of para-hydroxylation sites is 1. The molecule has 1 N–H and O–H groups in total. The van der Waals surface area contributed by atoms with E-state index >= 15 is 0 Å². The molecule has 4 nitrogen and oxygen atoms in total. The molecule has 1 aliphatic rings. The van der Waals surface area contributed by atoms with E-state index in [2.05, 4.69) is 4.90 Å². The van der Waals surface area contributed by atoms with E-state index in [0.29, 0.717) is 17.8 Å². The van der Waals surface area contributed by atoms with E-state index < -0.39 is 5.82 Å². The number of phenolic OH excluding ortho intramolecular Hbond substituents is 1. The van der Waals surface area contributed by atoms with Crippen LogP contribution in [0.1, 0.15) is 28.8 Å². The standard InChI is InChI=1S/C25H24F2N2O2/c26-20-7-5-18(6-8-20)25(31)29(22-11-9-21(27)10-12-22)23-13-15-28(16-14-23)17-19-3-1-2-4-24(19)30/h1-12,23,30H,13-17H2. The van der Waals surface area contributed by atoms with Crippen LogP contribution in [-0.2, 0) is 6.54 Å². The van der Waals surface area contributed by atoms with Crippen LogP contribution in [0, 0.1) is 11.6 Å². The number of likely N-dealkylation sites (tertiary alicyclic amines) is 1. The van der Waals surface area contributed by atoms with Crippen molar-refractivity contribution in [3.63, 3.8) is 0 Å². The Hall–Kier alpha value is -3.25. The zero-order valence-electron chi connectivity index (χ0n) is 17.0. The Balaban J connectivity index is 1.52. The van der Waals surface area contributed by atoms with Gasteiger partial charge >= 0.3 is 0 Å². The van der Waals surface area contributed by atoms with Crippen molar-refractivity contribution in [2.75, 3.05) is 18.0 Å². The second kappa shape index (κ2) is 9.27. The lowest BCUT2D eigenvalue weighted by Gasteiger charge is -2.38. The molecule has 0 atom stereocenters. The summed E-state index contributed by atoms with van der Waals surface area (Å²) in [5, 5.41) is 10.0. The Bertz CT molecular complexity index is 1030. The molecule has 1 fully saturated rings. The largest absolute Gasteiger partial charge is 0.508 e.